The Labute approximate surface area is 147 Å². The Morgan fingerprint density at radius 2 is 1.76 bits per heavy atom. The summed E-state index contributed by atoms with van der Waals surface area (Å²) in [7, 11) is 0. The lowest BCUT2D eigenvalue weighted by Gasteiger charge is -2.34. The zero-order valence-electron chi connectivity index (χ0n) is 14.5. The normalized spacial score (nSPS) is 16.4. The van der Waals surface area contributed by atoms with Crippen LogP contribution in [0.15, 0.2) is 24.5 Å². The van der Waals surface area contributed by atoms with Gasteiger partial charge in [0, 0.05) is 24.6 Å². The molecular weight excluding hydrogens is 314 g/mol. The fourth-order valence-corrected chi connectivity index (χ4v) is 4.38. The molecule has 2 aliphatic rings. The van der Waals surface area contributed by atoms with Crippen LogP contribution in [-0.4, -0.2) is 27.6 Å². The number of benzene rings is 1. The van der Waals surface area contributed by atoms with E-state index in [0.717, 1.165) is 31.0 Å². The minimum atomic E-state index is -1.00. The minimum absolute atomic E-state index is 0.114. The SMILES string of the molecule is CCN(c1cc2c3c(c1)CCCC3CCC2)c1ncc(C(=O)O)cn1. The van der Waals surface area contributed by atoms with E-state index >= 15 is 0 Å². The molecule has 1 aromatic carbocycles. The Balaban J connectivity index is 1.73. The van der Waals surface area contributed by atoms with Gasteiger partial charge in [0.05, 0.1) is 5.56 Å². The zero-order valence-corrected chi connectivity index (χ0v) is 14.5. The van der Waals surface area contributed by atoms with Gasteiger partial charge in [-0.05, 0) is 80.2 Å². The van der Waals surface area contributed by atoms with Crippen molar-refractivity contribution in [2.45, 2.75) is 51.4 Å². The van der Waals surface area contributed by atoms with Crippen LogP contribution in [0.5, 0.6) is 0 Å². The second-order valence-corrected chi connectivity index (χ2v) is 6.98. The third kappa shape index (κ3) is 2.88. The Hall–Kier alpha value is -2.43. The third-order valence-electron chi connectivity index (χ3n) is 5.50. The number of carboxylic acids is 1. The molecule has 0 unspecified atom stereocenters. The maximum absolute atomic E-state index is 11.0. The Morgan fingerprint density at radius 1 is 1.16 bits per heavy atom. The number of aromatic nitrogens is 2. The smallest absolute Gasteiger partial charge is 0.338 e. The van der Waals surface area contributed by atoms with Crippen molar-refractivity contribution in [1.29, 1.82) is 0 Å². The average molecular weight is 337 g/mol. The summed E-state index contributed by atoms with van der Waals surface area (Å²) in [6, 6.07) is 4.60. The quantitative estimate of drug-likeness (QED) is 0.910. The van der Waals surface area contributed by atoms with Crippen LogP contribution in [0.1, 0.15) is 65.6 Å². The predicted molar refractivity (Wildman–Crippen MR) is 96.7 cm³/mol. The predicted octanol–water partition coefficient (Wildman–Crippen LogP) is 4.09. The van der Waals surface area contributed by atoms with Crippen LogP contribution in [0.2, 0.25) is 0 Å². The second kappa shape index (κ2) is 6.47. The van der Waals surface area contributed by atoms with Gasteiger partial charge < -0.3 is 10.0 Å². The Morgan fingerprint density at radius 3 is 2.28 bits per heavy atom. The lowest BCUT2D eigenvalue weighted by Crippen LogP contribution is -2.22. The van der Waals surface area contributed by atoms with Gasteiger partial charge in [0.1, 0.15) is 0 Å². The molecule has 25 heavy (non-hydrogen) atoms. The van der Waals surface area contributed by atoms with Crippen molar-refractivity contribution in [3.05, 3.63) is 46.8 Å². The first-order valence-corrected chi connectivity index (χ1v) is 9.16. The van der Waals surface area contributed by atoms with Gasteiger partial charge in [-0.1, -0.05) is 0 Å². The van der Waals surface area contributed by atoms with Gasteiger partial charge in [-0.3, -0.25) is 0 Å². The van der Waals surface area contributed by atoms with Crippen LogP contribution >= 0.6 is 0 Å². The highest BCUT2D eigenvalue weighted by atomic mass is 16.4. The third-order valence-corrected chi connectivity index (χ3v) is 5.50. The van der Waals surface area contributed by atoms with Gasteiger partial charge in [-0.25, -0.2) is 14.8 Å². The van der Waals surface area contributed by atoms with E-state index in [-0.39, 0.29) is 5.56 Å². The standard InChI is InChI=1S/C20H23N3O2/c1-2-23(20-21-11-16(12-22-20)19(24)25)17-9-14-7-3-5-13-6-4-8-15(10-17)18(13)14/h9-13H,2-8H2,1H3,(H,24,25). The molecule has 2 aliphatic carbocycles. The van der Waals surface area contributed by atoms with Crippen molar-refractivity contribution in [1.82, 2.24) is 9.97 Å². The first-order chi connectivity index (χ1) is 12.2. The monoisotopic (exact) mass is 337 g/mol. The summed E-state index contributed by atoms with van der Waals surface area (Å²) in [5.74, 6) is 0.310. The summed E-state index contributed by atoms with van der Waals surface area (Å²) in [6.07, 6.45) is 10.3. The van der Waals surface area contributed by atoms with Crippen LogP contribution in [0, 0.1) is 0 Å². The van der Waals surface area contributed by atoms with E-state index < -0.39 is 5.97 Å². The van der Waals surface area contributed by atoms with Crippen molar-refractivity contribution >= 4 is 17.6 Å². The number of carbonyl (C=O) groups is 1. The molecule has 1 heterocycles. The molecule has 130 valence electrons. The second-order valence-electron chi connectivity index (χ2n) is 6.98. The number of hydrogen-bond donors (Lipinski definition) is 1. The van der Waals surface area contributed by atoms with Crippen LogP contribution in [0.25, 0.3) is 0 Å². The number of anilines is 2. The highest BCUT2D eigenvalue weighted by Gasteiger charge is 2.27. The number of aryl methyl sites for hydroxylation is 2. The number of carboxylic acid groups (broad SMARTS) is 1. The van der Waals surface area contributed by atoms with E-state index in [1.807, 2.05) is 0 Å². The van der Waals surface area contributed by atoms with Gasteiger partial charge in [0.25, 0.3) is 0 Å². The molecule has 1 aromatic heterocycles. The van der Waals surface area contributed by atoms with E-state index in [2.05, 4.69) is 33.9 Å². The maximum atomic E-state index is 11.0. The molecule has 0 atom stereocenters. The molecule has 0 spiro atoms. The topological polar surface area (TPSA) is 66.3 Å². The van der Waals surface area contributed by atoms with Crippen molar-refractivity contribution in [2.75, 3.05) is 11.4 Å². The number of hydrogen-bond acceptors (Lipinski definition) is 4. The van der Waals surface area contributed by atoms with Gasteiger partial charge >= 0.3 is 5.97 Å². The molecule has 0 aliphatic heterocycles. The van der Waals surface area contributed by atoms with Crippen molar-refractivity contribution < 1.29 is 9.90 Å². The number of aromatic carboxylic acids is 1. The molecule has 5 nitrogen and oxygen atoms in total. The lowest BCUT2D eigenvalue weighted by molar-refractivity contribution is 0.0696. The first kappa shape index (κ1) is 16.1. The molecule has 0 bridgehead atoms. The Kier molecular flexibility index (Phi) is 4.15. The summed E-state index contributed by atoms with van der Waals surface area (Å²) in [4.78, 5) is 21.6. The average Bonchev–Trinajstić information content (AvgIpc) is 2.63. The summed E-state index contributed by atoms with van der Waals surface area (Å²) in [5.41, 5.74) is 5.83. The summed E-state index contributed by atoms with van der Waals surface area (Å²) < 4.78 is 0. The van der Waals surface area contributed by atoms with Crippen molar-refractivity contribution in [3.8, 4) is 0 Å². The molecule has 1 N–H and O–H groups in total. The number of rotatable bonds is 4. The summed E-state index contributed by atoms with van der Waals surface area (Å²) in [5, 5.41) is 9.03. The highest BCUT2D eigenvalue weighted by molar-refractivity contribution is 5.86. The highest BCUT2D eigenvalue weighted by Crippen LogP contribution is 2.43. The molecule has 0 amide bonds. The minimum Gasteiger partial charge on any atom is -0.478 e. The molecule has 0 radical (unpaired) electrons. The van der Waals surface area contributed by atoms with E-state index in [1.165, 1.54) is 49.2 Å². The number of nitrogens with zero attached hydrogens (tertiary/aromatic N) is 3. The fraction of sp³-hybridized carbons (Fsp3) is 0.450. The fourth-order valence-electron chi connectivity index (χ4n) is 4.38. The summed E-state index contributed by atoms with van der Waals surface area (Å²) >= 11 is 0. The van der Waals surface area contributed by atoms with Crippen LogP contribution in [0.3, 0.4) is 0 Å². The summed E-state index contributed by atoms with van der Waals surface area (Å²) in [6.45, 7) is 2.82. The Bertz CT molecular complexity index is 770. The maximum Gasteiger partial charge on any atom is 0.338 e. The van der Waals surface area contributed by atoms with Gasteiger partial charge in [-0.2, -0.15) is 0 Å². The van der Waals surface area contributed by atoms with E-state index in [4.69, 9.17) is 5.11 Å². The lowest BCUT2D eigenvalue weighted by atomic mass is 9.73. The molecule has 0 fully saturated rings. The van der Waals surface area contributed by atoms with Gasteiger partial charge in [-0.15, -0.1) is 0 Å². The van der Waals surface area contributed by atoms with E-state index in [1.54, 1.807) is 5.56 Å². The molecule has 0 saturated heterocycles. The molecule has 0 saturated carbocycles. The van der Waals surface area contributed by atoms with Crippen molar-refractivity contribution in [2.24, 2.45) is 0 Å². The van der Waals surface area contributed by atoms with E-state index in [0.29, 0.717) is 5.95 Å². The van der Waals surface area contributed by atoms with Gasteiger partial charge in [0.2, 0.25) is 5.95 Å². The molecule has 4 rings (SSSR count). The van der Waals surface area contributed by atoms with Gasteiger partial charge in [0.15, 0.2) is 0 Å². The molecule has 5 heteroatoms. The largest absolute Gasteiger partial charge is 0.478 e. The van der Waals surface area contributed by atoms with E-state index in [9.17, 15) is 4.79 Å². The zero-order chi connectivity index (χ0) is 17.4. The molecule has 2 aromatic rings. The molecular formula is C20H23N3O2. The van der Waals surface area contributed by atoms with Crippen LogP contribution < -0.4 is 4.90 Å². The van der Waals surface area contributed by atoms with Crippen molar-refractivity contribution in [3.63, 3.8) is 0 Å². The van der Waals surface area contributed by atoms with Crippen LogP contribution in [-0.2, 0) is 12.8 Å². The van der Waals surface area contributed by atoms with Crippen LogP contribution in [0.4, 0.5) is 11.6 Å². The first-order valence-electron chi connectivity index (χ1n) is 9.16.